The predicted molar refractivity (Wildman–Crippen MR) is 135 cm³/mol. The number of rotatable bonds is 5. The number of carbonyl (C=O) groups excluding carboxylic acids is 1. The molecule has 3 heterocycles. The molecule has 2 saturated heterocycles. The van der Waals surface area contributed by atoms with E-state index in [1.54, 1.807) is 30.3 Å². The Labute approximate surface area is 215 Å². The summed E-state index contributed by atoms with van der Waals surface area (Å²) in [6.45, 7) is 8.44. The van der Waals surface area contributed by atoms with Gasteiger partial charge in [-0.1, -0.05) is 17.7 Å². The van der Waals surface area contributed by atoms with Gasteiger partial charge in [-0.25, -0.2) is 4.85 Å². The second-order valence-electron chi connectivity index (χ2n) is 9.82. The second kappa shape index (κ2) is 10.00. The van der Waals surface area contributed by atoms with Crippen molar-refractivity contribution in [1.82, 2.24) is 20.4 Å². The molecule has 1 aromatic carbocycles. The average molecular weight is 498 g/mol. The molecule has 2 aliphatic heterocycles. The number of nitrogens with zero attached hydrogens (tertiary/aromatic N) is 5. The number of halogens is 1. The van der Waals surface area contributed by atoms with Crippen molar-refractivity contribution < 1.29 is 13.6 Å². The number of amides is 1. The van der Waals surface area contributed by atoms with Crippen LogP contribution in [0.15, 0.2) is 30.3 Å². The van der Waals surface area contributed by atoms with Crippen LogP contribution in [0.1, 0.15) is 53.1 Å². The molecule has 8 nitrogen and oxygen atoms in total. The summed E-state index contributed by atoms with van der Waals surface area (Å²) >= 11 is 6.11. The maximum Gasteiger partial charge on any atom is 0.274 e. The third-order valence-corrected chi connectivity index (χ3v) is 7.89. The van der Waals surface area contributed by atoms with Crippen LogP contribution in [0.5, 0.6) is 5.75 Å². The number of piperidine rings is 1. The number of nitrogens with one attached hydrogen (secondary N) is 1. The number of hydrogen-bond acceptors (Lipinski definition) is 6. The molecule has 1 N–H and O–H groups in total. The standard InChI is InChI=1S/C26H31ClN6O2/c1-28-22-8-7-20(15-21(22)27)35-19-5-3-18(4-6-19)32(2)25(34)23-9-10-24(31-30-23)33-13-11-26(12-14-33)16-29-17-26/h7-10,15,18-19,29H,3-6,11-14,16-17H2,2H3/i2D3. The topological polar surface area (TPSA) is 75.0 Å². The molecule has 1 amide bonds. The maximum atomic E-state index is 13.4. The summed E-state index contributed by atoms with van der Waals surface area (Å²) in [5.74, 6) is 0.651. The van der Waals surface area contributed by atoms with Crippen molar-refractivity contribution in [2.24, 2.45) is 5.41 Å². The first-order valence-corrected chi connectivity index (χ1v) is 12.5. The predicted octanol–water partition coefficient (Wildman–Crippen LogP) is 4.33. The minimum absolute atomic E-state index is 0.0365. The fourth-order valence-electron chi connectivity index (χ4n) is 5.20. The number of carbonyl (C=O) groups is 1. The van der Waals surface area contributed by atoms with Crippen LogP contribution < -0.4 is 15.0 Å². The number of aromatic nitrogens is 2. The molecule has 184 valence electrons. The van der Waals surface area contributed by atoms with Gasteiger partial charge >= 0.3 is 0 Å². The fraction of sp³-hybridized carbons (Fsp3) is 0.538. The molecule has 5 rings (SSSR count). The first-order valence-electron chi connectivity index (χ1n) is 13.6. The SMILES string of the molecule is [2H]C([2H])([2H])N(C(=O)c1ccc(N2CCC3(CC2)CNC3)nn1)C1CCC(Oc2ccc([N+]#[C-])c(Cl)c2)CC1. The van der Waals surface area contributed by atoms with Gasteiger partial charge in [-0.2, -0.15) is 0 Å². The number of ether oxygens (including phenoxy) is 1. The van der Waals surface area contributed by atoms with Crippen LogP contribution in [0.2, 0.25) is 5.02 Å². The third-order valence-electron chi connectivity index (χ3n) is 7.59. The lowest BCUT2D eigenvalue weighted by molar-refractivity contribution is 0.0603. The molecule has 3 fully saturated rings. The minimum Gasteiger partial charge on any atom is -0.490 e. The summed E-state index contributed by atoms with van der Waals surface area (Å²) in [6, 6.07) is 7.84. The van der Waals surface area contributed by atoms with Gasteiger partial charge in [-0.3, -0.25) is 4.79 Å². The van der Waals surface area contributed by atoms with Crippen LogP contribution in [0.3, 0.4) is 0 Å². The Balaban J connectivity index is 1.20. The monoisotopic (exact) mass is 497 g/mol. The zero-order valence-electron chi connectivity index (χ0n) is 22.5. The van der Waals surface area contributed by atoms with E-state index < -0.39 is 18.9 Å². The van der Waals surface area contributed by atoms with Crippen LogP contribution in [-0.4, -0.2) is 66.3 Å². The molecule has 2 aromatic rings. The van der Waals surface area contributed by atoms with Crippen LogP contribution in [-0.2, 0) is 0 Å². The van der Waals surface area contributed by atoms with Gasteiger partial charge in [0.05, 0.1) is 17.7 Å². The Bertz CT molecular complexity index is 1200. The van der Waals surface area contributed by atoms with Crippen molar-refractivity contribution in [2.75, 3.05) is 38.1 Å². The first kappa shape index (κ1) is 20.3. The van der Waals surface area contributed by atoms with Gasteiger partial charge in [0.2, 0.25) is 5.69 Å². The van der Waals surface area contributed by atoms with E-state index >= 15 is 0 Å². The van der Waals surface area contributed by atoms with E-state index in [2.05, 4.69) is 25.3 Å². The van der Waals surface area contributed by atoms with Gasteiger partial charge in [0.25, 0.3) is 5.91 Å². The Morgan fingerprint density at radius 1 is 1.23 bits per heavy atom. The number of anilines is 1. The summed E-state index contributed by atoms with van der Waals surface area (Å²) < 4.78 is 30.2. The maximum absolute atomic E-state index is 13.4. The lowest BCUT2D eigenvalue weighted by Crippen LogP contribution is -2.58. The first-order chi connectivity index (χ1) is 18.2. The largest absolute Gasteiger partial charge is 0.490 e. The van der Waals surface area contributed by atoms with E-state index in [0.717, 1.165) is 43.9 Å². The quantitative estimate of drug-likeness (QED) is 0.620. The van der Waals surface area contributed by atoms with Crippen LogP contribution in [0.4, 0.5) is 11.5 Å². The Kier molecular flexibility index (Phi) is 5.80. The molecule has 0 atom stereocenters. The molecule has 1 saturated carbocycles. The highest BCUT2D eigenvalue weighted by Crippen LogP contribution is 2.36. The number of hydrogen-bond donors (Lipinski definition) is 1. The molecular formula is C26H31ClN6O2. The zero-order chi connectivity index (χ0) is 26.9. The molecule has 1 aromatic heterocycles. The smallest absolute Gasteiger partial charge is 0.274 e. The summed E-state index contributed by atoms with van der Waals surface area (Å²) in [5, 5.41) is 12.1. The molecule has 9 heteroatoms. The van der Waals surface area contributed by atoms with Crippen LogP contribution in [0, 0.1) is 12.0 Å². The van der Waals surface area contributed by atoms with Gasteiger partial charge in [0, 0.05) is 43.3 Å². The summed E-state index contributed by atoms with van der Waals surface area (Å²) in [5.41, 5.74) is 0.816. The molecule has 0 bridgehead atoms. The van der Waals surface area contributed by atoms with E-state index in [1.807, 2.05) is 0 Å². The Morgan fingerprint density at radius 3 is 2.57 bits per heavy atom. The molecule has 1 aliphatic carbocycles. The Hall–Kier alpha value is -2.89. The third kappa shape index (κ3) is 5.07. The fourth-order valence-corrected chi connectivity index (χ4v) is 5.42. The van der Waals surface area contributed by atoms with Crippen LogP contribution in [0.25, 0.3) is 4.85 Å². The van der Waals surface area contributed by atoms with Crippen LogP contribution >= 0.6 is 11.6 Å². The molecule has 0 radical (unpaired) electrons. The van der Waals surface area contributed by atoms with E-state index in [0.29, 0.717) is 53.4 Å². The van der Waals surface area contributed by atoms with E-state index in [4.69, 9.17) is 27.0 Å². The van der Waals surface area contributed by atoms with Crippen molar-refractivity contribution in [3.05, 3.63) is 52.5 Å². The van der Waals surface area contributed by atoms with E-state index in [9.17, 15) is 4.79 Å². The Morgan fingerprint density at radius 2 is 2.00 bits per heavy atom. The molecule has 0 unspecified atom stereocenters. The van der Waals surface area contributed by atoms with Crippen molar-refractivity contribution in [1.29, 1.82) is 0 Å². The van der Waals surface area contributed by atoms with Gasteiger partial charge in [0.1, 0.15) is 5.75 Å². The average Bonchev–Trinajstić information content (AvgIpc) is 2.88. The van der Waals surface area contributed by atoms with Crippen molar-refractivity contribution in [3.63, 3.8) is 0 Å². The summed E-state index contributed by atoms with van der Waals surface area (Å²) in [7, 11) is 0. The minimum atomic E-state index is -2.60. The van der Waals surface area contributed by atoms with Gasteiger partial charge in [-0.05, 0) is 68.2 Å². The number of benzene rings is 1. The molecular weight excluding hydrogens is 464 g/mol. The lowest BCUT2D eigenvalue weighted by Gasteiger charge is -2.48. The van der Waals surface area contributed by atoms with Gasteiger partial charge < -0.3 is 19.9 Å². The highest BCUT2D eigenvalue weighted by atomic mass is 35.5. The highest BCUT2D eigenvalue weighted by Gasteiger charge is 2.40. The van der Waals surface area contributed by atoms with Gasteiger partial charge in [-0.15, -0.1) is 10.2 Å². The van der Waals surface area contributed by atoms with Gasteiger partial charge in [0.15, 0.2) is 11.5 Å². The molecule has 1 spiro atoms. The highest BCUT2D eigenvalue weighted by molar-refractivity contribution is 6.33. The van der Waals surface area contributed by atoms with Crippen molar-refractivity contribution in [2.45, 2.75) is 50.7 Å². The molecule has 35 heavy (non-hydrogen) atoms. The normalized spacial score (nSPS) is 24.9. The summed E-state index contributed by atoms with van der Waals surface area (Å²) in [6.07, 6.45) is 4.21. The zero-order valence-corrected chi connectivity index (χ0v) is 20.3. The van der Waals surface area contributed by atoms with Crippen molar-refractivity contribution >= 4 is 29.0 Å². The lowest BCUT2D eigenvalue weighted by atomic mass is 9.73. The molecule has 3 aliphatic rings. The van der Waals surface area contributed by atoms with Crippen molar-refractivity contribution in [3.8, 4) is 5.75 Å². The second-order valence-corrected chi connectivity index (χ2v) is 10.2. The van der Waals surface area contributed by atoms with E-state index in [1.165, 1.54) is 0 Å². The summed E-state index contributed by atoms with van der Waals surface area (Å²) in [4.78, 5) is 19.9. The van der Waals surface area contributed by atoms with E-state index in [-0.39, 0.29) is 11.8 Å².